The average Bonchev–Trinajstić information content (AvgIpc) is 2.09. The molecule has 8 heteroatoms. The number of rotatable bonds is 3. The van der Waals surface area contributed by atoms with Crippen LogP contribution in [0.25, 0.3) is 0 Å². The highest BCUT2D eigenvalue weighted by atomic mass is 35.5. The predicted octanol–water partition coefficient (Wildman–Crippen LogP) is 0.861. The molecule has 0 fully saturated rings. The number of phenolic OH excluding ortho intramolecular Hbond substituents is 1. The van der Waals surface area contributed by atoms with Gasteiger partial charge in [-0.05, 0) is 12.1 Å². The van der Waals surface area contributed by atoms with Crippen LogP contribution in [0.15, 0.2) is 17.0 Å². The zero-order chi connectivity index (χ0) is 11.6. The zero-order valence-electron chi connectivity index (χ0n) is 7.14. The summed E-state index contributed by atoms with van der Waals surface area (Å²) in [7, 11) is -4.59. The lowest BCUT2D eigenvalue weighted by molar-refractivity contribution is -0.105. The van der Waals surface area contributed by atoms with Crippen molar-refractivity contribution < 1.29 is 22.9 Å². The molecular weight excluding hydrogens is 246 g/mol. The lowest BCUT2D eigenvalue weighted by atomic mass is 10.3. The van der Waals surface area contributed by atoms with Gasteiger partial charge in [0.15, 0.2) is 5.75 Å². The van der Waals surface area contributed by atoms with Crippen molar-refractivity contribution in [2.24, 2.45) is 0 Å². The van der Waals surface area contributed by atoms with Gasteiger partial charge in [-0.3, -0.25) is 9.35 Å². The van der Waals surface area contributed by atoms with Crippen molar-refractivity contribution in [1.29, 1.82) is 0 Å². The molecule has 0 aliphatic heterocycles. The number of benzene rings is 1. The SMILES string of the molecule is O=CNc1cc(Cl)cc(S(=O)(=O)O)c1O. The van der Waals surface area contributed by atoms with E-state index in [4.69, 9.17) is 16.2 Å². The highest BCUT2D eigenvalue weighted by Gasteiger charge is 2.19. The molecule has 0 saturated carbocycles. The second-order valence-electron chi connectivity index (χ2n) is 2.54. The Kier molecular flexibility index (Phi) is 3.18. The fourth-order valence-corrected chi connectivity index (χ4v) is 1.86. The van der Waals surface area contributed by atoms with Gasteiger partial charge in [-0.15, -0.1) is 0 Å². The molecule has 1 amide bonds. The lowest BCUT2D eigenvalue weighted by Crippen LogP contribution is -2.02. The van der Waals surface area contributed by atoms with Crippen LogP contribution in [0.4, 0.5) is 5.69 Å². The third kappa shape index (κ3) is 2.58. The molecule has 1 rings (SSSR count). The van der Waals surface area contributed by atoms with Gasteiger partial charge in [0.2, 0.25) is 6.41 Å². The van der Waals surface area contributed by atoms with Crippen LogP contribution in [0.1, 0.15) is 0 Å². The zero-order valence-corrected chi connectivity index (χ0v) is 8.71. The maximum atomic E-state index is 10.8. The number of amides is 1. The van der Waals surface area contributed by atoms with Crippen molar-refractivity contribution >= 4 is 33.8 Å². The third-order valence-electron chi connectivity index (χ3n) is 1.53. The Bertz CT molecular complexity index is 498. The van der Waals surface area contributed by atoms with Gasteiger partial charge in [0, 0.05) is 5.02 Å². The summed E-state index contributed by atoms with van der Waals surface area (Å²) in [6, 6.07) is 2.00. The molecule has 0 aromatic heterocycles. The number of carbonyl (C=O) groups excluding carboxylic acids is 1. The molecule has 6 nitrogen and oxygen atoms in total. The van der Waals surface area contributed by atoms with Crippen molar-refractivity contribution in [3.8, 4) is 5.75 Å². The van der Waals surface area contributed by atoms with Gasteiger partial charge in [-0.25, -0.2) is 0 Å². The highest BCUT2D eigenvalue weighted by molar-refractivity contribution is 7.86. The Labute approximate surface area is 90.2 Å². The summed E-state index contributed by atoms with van der Waals surface area (Å²) in [6.07, 6.45) is 0.235. The summed E-state index contributed by atoms with van der Waals surface area (Å²) < 4.78 is 30.3. The minimum absolute atomic E-state index is 0.0511. The number of phenols is 1. The van der Waals surface area contributed by atoms with Gasteiger partial charge in [0.1, 0.15) is 4.90 Å². The van der Waals surface area contributed by atoms with Crippen LogP contribution >= 0.6 is 11.6 Å². The second-order valence-corrected chi connectivity index (χ2v) is 4.36. The number of hydrogen-bond donors (Lipinski definition) is 3. The maximum absolute atomic E-state index is 10.8. The van der Waals surface area contributed by atoms with Crippen molar-refractivity contribution in [1.82, 2.24) is 0 Å². The molecule has 82 valence electrons. The van der Waals surface area contributed by atoms with Crippen LogP contribution in [0.2, 0.25) is 5.02 Å². The largest absolute Gasteiger partial charge is 0.504 e. The maximum Gasteiger partial charge on any atom is 0.298 e. The average molecular weight is 252 g/mol. The highest BCUT2D eigenvalue weighted by Crippen LogP contribution is 2.34. The second kappa shape index (κ2) is 4.05. The summed E-state index contributed by atoms with van der Waals surface area (Å²) in [5.74, 6) is -0.769. The van der Waals surface area contributed by atoms with Crippen molar-refractivity contribution in [2.75, 3.05) is 5.32 Å². The van der Waals surface area contributed by atoms with Gasteiger partial charge < -0.3 is 10.4 Å². The minimum Gasteiger partial charge on any atom is -0.504 e. The first-order valence-corrected chi connectivity index (χ1v) is 5.38. The molecule has 0 spiro atoms. The van der Waals surface area contributed by atoms with Crippen LogP contribution in [0.5, 0.6) is 5.75 Å². The molecule has 0 saturated heterocycles. The number of anilines is 1. The van der Waals surface area contributed by atoms with Crippen LogP contribution < -0.4 is 5.32 Å². The first kappa shape index (κ1) is 11.8. The Hall–Kier alpha value is -1.31. The van der Waals surface area contributed by atoms with E-state index in [2.05, 4.69) is 0 Å². The van der Waals surface area contributed by atoms with Crippen LogP contribution in [0.3, 0.4) is 0 Å². The topological polar surface area (TPSA) is 104 Å². The number of aromatic hydroxyl groups is 1. The van der Waals surface area contributed by atoms with Gasteiger partial charge >= 0.3 is 0 Å². The molecule has 0 unspecified atom stereocenters. The molecule has 0 heterocycles. The van der Waals surface area contributed by atoms with E-state index in [0.29, 0.717) is 0 Å². The standard InChI is InChI=1S/C7H6ClNO5S/c8-4-1-5(9-3-10)7(11)6(2-4)15(12,13)14/h1-3,11H,(H,9,10)(H,12,13,14). The summed E-state index contributed by atoms with van der Waals surface area (Å²) >= 11 is 5.52. The quantitative estimate of drug-likeness (QED) is 0.420. The van der Waals surface area contributed by atoms with E-state index in [1.54, 1.807) is 0 Å². The van der Waals surface area contributed by atoms with E-state index in [0.717, 1.165) is 12.1 Å². The van der Waals surface area contributed by atoms with E-state index in [1.165, 1.54) is 0 Å². The molecule has 0 aliphatic rings. The van der Waals surface area contributed by atoms with Crippen molar-refractivity contribution in [2.45, 2.75) is 4.90 Å². The number of hydrogen-bond acceptors (Lipinski definition) is 4. The van der Waals surface area contributed by atoms with E-state index < -0.39 is 20.8 Å². The monoisotopic (exact) mass is 251 g/mol. The molecule has 1 aromatic carbocycles. The molecule has 15 heavy (non-hydrogen) atoms. The Morgan fingerprint density at radius 1 is 1.40 bits per heavy atom. The molecule has 3 N–H and O–H groups in total. The van der Waals surface area contributed by atoms with Gasteiger partial charge in [0.25, 0.3) is 10.1 Å². The summed E-state index contributed by atoms with van der Waals surface area (Å²) in [6.45, 7) is 0. The molecule has 0 bridgehead atoms. The Morgan fingerprint density at radius 3 is 2.47 bits per heavy atom. The van der Waals surface area contributed by atoms with E-state index in [-0.39, 0.29) is 17.1 Å². The fourth-order valence-electron chi connectivity index (χ4n) is 0.944. The lowest BCUT2D eigenvalue weighted by Gasteiger charge is -2.07. The number of carbonyl (C=O) groups is 1. The molecular formula is C7H6ClNO5S. The smallest absolute Gasteiger partial charge is 0.298 e. The van der Waals surface area contributed by atoms with Crippen LogP contribution in [0, 0.1) is 0 Å². The molecule has 0 radical (unpaired) electrons. The fraction of sp³-hybridized carbons (Fsp3) is 0. The Morgan fingerprint density at radius 2 is 2.00 bits per heavy atom. The van der Waals surface area contributed by atoms with Crippen molar-refractivity contribution in [3.63, 3.8) is 0 Å². The van der Waals surface area contributed by atoms with Gasteiger partial charge in [-0.2, -0.15) is 8.42 Å². The number of nitrogens with one attached hydrogen (secondary N) is 1. The first-order chi connectivity index (χ1) is 6.86. The predicted molar refractivity (Wildman–Crippen MR) is 52.6 cm³/mol. The van der Waals surface area contributed by atoms with E-state index in [1.807, 2.05) is 5.32 Å². The molecule has 1 aromatic rings. The first-order valence-electron chi connectivity index (χ1n) is 3.56. The van der Waals surface area contributed by atoms with Crippen LogP contribution in [-0.2, 0) is 14.9 Å². The summed E-state index contributed by atoms with van der Waals surface area (Å²) in [4.78, 5) is 9.36. The van der Waals surface area contributed by atoms with Gasteiger partial charge in [-0.1, -0.05) is 11.6 Å². The van der Waals surface area contributed by atoms with Crippen LogP contribution in [-0.4, -0.2) is 24.5 Å². The third-order valence-corrected chi connectivity index (χ3v) is 2.62. The van der Waals surface area contributed by atoms with E-state index >= 15 is 0 Å². The normalized spacial score (nSPS) is 11.1. The minimum atomic E-state index is -4.59. The van der Waals surface area contributed by atoms with Gasteiger partial charge in [0.05, 0.1) is 5.69 Å². The van der Waals surface area contributed by atoms with E-state index in [9.17, 15) is 18.3 Å². The molecule has 0 atom stereocenters. The summed E-state index contributed by atoms with van der Waals surface area (Å²) in [5, 5.41) is 11.3. The van der Waals surface area contributed by atoms with Crippen molar-refractivity contribution in [3.05, 3.63) is 17.2 Å². The number of halogens is 1. The summed E-state index contributed by atoms with van der Waals surface area (Å²) in [5.41, 5.74) is -0.204. The molecule has 0 aliphatic carbocycles. The Balaban J connectivity index is 3.48.